The number of hydrogen-bond donors (Lipinski definition) is 1. The van der Waals surface area contributed by atoms with Gasteiger partial charge in [-0.15, -0.1) is 13.2 Å². The van der Waals surface area contributed by atoms with E-state index in [-0.39, 0.29) is 29.6 Å². The number of fused-ring (bicyclic) bond motifs is 1. The fraction of sp³-hybridized carbons (Fsp3) is 0.300. The van der Waals surface area contributed by atoms with Crippen LogP contribution in [0.3, 0.4) is 0 Å². The Morgan fingerprint density at radius 3 is 2.67 bits per heavy atom. The number of halogens is 3. The van der Waals surface area contributed by atoms with E-state index in [1.165, 1.54) is 23.0 Å². The normalized spacial score (nSPS) is 16.5. The monoisotopic (exact) mass is 579 g/mol. The Morgan fingerprint density at radius 1 is 1.14 bits per heavy atom. The number of benzene rings is 2. The lowest BCUT2D eigenvalue weighted by Gasteiger charge is -2.23. The highest BCUT2D eigenvalue weighted by Gasteiger charge is 2.36. The predicted octanol–water partition coefficient (Wildman–Crippen LogP) is 4.97. The van der Waals surface area contributed by atoms with Gasteiger partial charge in [-0.05, 0) is 55.3 Å². The molecule has 1 amide bonds. The van der Waals surface area contributed by atoms with Crippen LogP contribution in [0.2, 0.25) is 0 Å². The minimum Gasteiger partial charge on any atom is -0.404 e. The van der Waals surface area contributed by atoms with Gasteiger partial charge in [-0.2, -0.15) is 0 Å². The molecule has 218 valence electrons. The summed E-state index contributed by atoms with van der Waals surface area (Å²) >= 11 is 0. The van der Waals surface area contributed by atoms with E-state index in [0.717, 1.165) is 23.6 Å². The molecule has 1 fully saturated rings. The average Bonchev–Trinajstić information content (AvgIpc) is 3.33. The number of carbonyl (C=O) groups excluding carboxylic acids is 2. The van der Waals surface area contributed by atoms with Crippen LogP contribution in [0.5, 0.6) is 5.75 Å². The van der Waals surface area contributed by atoms with Gasteiger partial charge in [0.15, 0.2) is 11.5 Å². The maximum Gasteiger partial charge on any atom is 0.573 e. The smallest absolute Gasteiger partial charge is 0.404 e. The first-order chi connectivity index (χ1) is 20.0. The largest absolute Gasteiger partial charge is 0.573 e. The van der Waals surface area contributed by atoms with Gasteiger partial charge in [0.05, 0.1) is 34.9 Å². The molecule has 0 saturated carbocycles. The fourth-order valence-electron chi connectivity index (χ4n) is 5.08. The number of aromatic nitrogens is 3. The molecule has 0 bridgehead atoms. The first-order valence-electron chi connectivity index (χ1n) is 13.4. The Labute approximate surface area is 239 Å². The Bertz CT molecular complexity index is 1690. The van der Waals surface area contributed by atoms with Crippen LogP contribution in [-0.4, -0.2) is 56.6 Å². The minimum atomic E-state index is -5.02. The van der Waals surface area contributed by atoms with Crippen molar-refractivity contribution in [2.24, 2.45) is 5.92 Å². The Morgan fingerprint density at radius 2 is 1.95 bits per heavy atom. The number of hydrogen-bond acceptors (Lipinski definition) is 7. The molecule has 4 aromatic rings. The molecule has 5 rings (SSSR count). The maximum atomic E-state index is 13.4. The van der Waals surface area contributed by atoms with Crippen molar-refractivity contribution in [3.8, 4) is 22.6 Å². The van der Waals surface area contributed by atoms with Gasteiger partial charge >= 0.3 is 6.36 Å². The first kappa shape index (κ1) is 28.9. The summed E-state index contributed by atoms with van der Waals surface area (Å²) in [6, 6.07) is 11.5. The van der Waals surface area contributed by atoms with Crippen LogP contribution in [0.1, 0.15) is 26.7 Å². The quantitative estimate of drug-likeness (QED) is 0.314. The molecule has 0 spiro atoms. The van der Waals surface area contributed by atoms with Crippen LogP contribution in [0.4, 0.5) is 18.9 Å². The fourth-order valence-corrected chi connectivity index (χ4v) is 5.08. The molecule has 2 atom stereocenters. The summed E-state index contributed by atoms with van der Waals surface area (Å²) in [7, 11) is 0. The van der Waals surface area contributed by atoms with E-state index in [2.05, 4.69) is 20.0 Å². The number of pyridine rings is 1. The molecular weight excluding hydrogens is 551 g/mol. The number of rotatable bonds is 8. The second kappa shape index (κ2) is 11.7. The number of amides is 1. The molecule has 0 radical (unpaired) electrons. The van der Waals surface area contributed by atoms with E-state index in [1.807, 2.05) is 13.0 Å². The van der Waals surface area contributed by atoms with Crippen molar-refractivity contribution >= 4 is 28.3 Å². The zero-order valence-corrected chi connectivity index (χ0v) is 22.9. The third-order valence-corrected chi connectivity index (χ3v) is 7.31. The highest BCUT2D eigenvalue weighted by Crippen LogP contribution is 2.33. The predicted molar refractivity (Wildman–Crippen MR) is 150 cm³/mol. The summed E-state index contributed by atoms with van der Waals surface area (Å²) in [5.41, 5.74) is 1.52. The number of anilines is 1. The van der Waals surface area contributed by atoms with Gasteiger partial charge in [-0.3, -0.25) is 28.8 Å². The van der Waals surface area contributed by atoms with Crippen LogP contribution >= 0.6 is 0 Å². The zero-order chi connectivity index (χ0) is 30.0. The molecule has 0 aliphatic carbocycles. The van der Waals surface area contributed by atoms with Crippen LogP contribution < -0.4 is 15.6 Å². The van der Waals surface area contributed by atoms with Crippen molar-refractivity contribution in [3.05, 3.63) is 77.6 Å². The topological polar surface area (TPSA) is 106 Å². The van der Waals surface area contributed by atoms with Crippen molar-refractivity contribution < 1.29 is 27.5 Å². The lowest BCUT2D eigenvalue weighted by Crippen LogP contribution is -2.41. The number of Topliss-reactive ketones (excluding diaryl/α,β-unsaturated/α-hetero) is 1. The van der Waals surface area contributed by atoms with E-state index in [9.17, 15) is 27.6 Å². The Hall–Kier alpha value is -4.58. The Kier molecular flexibility index (Phi) is 8.08. The summed E-state index contributed by atoms with van der Waals surface area (Å²) in [5.74, 6) is -1.40. The van der Waals surface area contributed by atoms with Gasteiger partial charge in [0, 0.05) is 30.4 Å². The number of nitrogens with zero attached hydrogens (tertiary/aromatic N) is 4. The lowest BCUT2D eigenvalue weighted by molar-refractivity contribution is -0.274. The van der Waals surface area contributed by atoms with Crippen LogP contribution in [0, 0.1) is 5.92 Å². The average molecular weight is 580 g/mol. The number of ether oxygens (including phenoxy) is 1. The molecule has 1 N–H and O–H groups in total. The van der Waals surface area contributed by atoms with Crippen molar-refractivity contribution in [3.63, 3.8) is 0 Å². The number of alkyl halides is 3. The zero-order valence-electron chi connectivity index (χ0n) is 22.9. The van der Waals surface area contributed by atoms with Gasteiger partial charge in [0.2, 0.25) is 5.91 Å². The molecule has 1 aliphatic rings. The number of ketones is 1. The first-order valence-corrected chi connectivity index (χ1v) is 13.4. The number of carbonyl (C=O) groups is 2. The summed E-state index contributed by atoms with van der Waals surface area (Å²) in [4.78, 5) is 49.1. The summed E-state index contributed by atoms with van der Waals surface area (Å²) < 4.78 is 44.9. The maximum absolute atomic E-state index is 13.4. The molecule has 2 aromatic heterocycles. The highest BCUT2D eigenvalue weighted by atomic mass is 19.4. The van der Waals surface area contributed by atoms with Crippen molar-refractivity contribution in [1.29, 1.82) is 0 Å². The van der Waals surface area contributed by atoms with E-state index >= 15 is 0 Å². The van der Waals surface area contributed by atoms with Gasteiger partial charge in [0.25, 0.3) is 5.56 Å². The Balaban J connectivity index is 1.46. The second-order valence-electron chi connectivity index (χ2n) is 10.2. The van der Waals surface area contributed by atoms with E-state index in [1.54, 1.807) is 48.5 Å². The summed E-state index contributed by atoms with van der Waals surface area (Å²) in [6.45, 7) is 4.04. The van der Waals surface area contributed by atoms with E-state index in [0.29, 0.717) is 23.9 Å². The van der Waals surface area contributed by atoms with Crippen LogP contribution in [0.25, 0.3) is 27.7 Å². The third kappa shape index (κ3) is 6.18. The van der Waals surface area contributed by atoms with Crippen LogP contribution in [0.15, 0.2) is 72.0 Å². The molecule has 2 unspecified atom stereocenters. The lowest BCUT2D eigenvalue weighted by atomic mass is 10.0. The van der Waals surface area contributed by atoms with Crippen molar-refractivity contribution in [2.75, 3.05) is 18.4 Å². The SMILES string of the molecule is CCCC1CN(C(C)C(=O)Nc2cc(-n3cnc4cc(-c5cccnc5)ccc4c3=O)ccc2OC(F)(F)F)CC1=O. The third-order valence-electron chi connectivity index (χ3n) is 7.31. The van der Waals surface area contributed by atoms with Crippen LogP contribution in [-0.2, 0) is 9.59 Å². The van der Waals surface area contributed by atoms with E-state index < -0.39 is 29.6 Å². The molecule has 1 aliphatic heterocycles. The molecular formula is C30H28F3N5O4. The highest BCUT2D eigenvalue weighted by molar-refractivity contribution is 5.97. The van der Waals surface area contributed by atoms with Crippen molar-refractivity contribution in [1.82, 2.24) is 19.4 Å². The molecule has 42 heavy (non-hydrogen) atoms. The number of nitrogens with one attached hydrogen (secondary N) is 1. The molecule has 2 aromatic carbocycles. The standard InChI is InChI=1S/C30H28F3N5O4/c1-3-5-21-15-37(16-26(21)39)18(2)28(40)36-25-13-22(8-10-27(25)42-30(31,32)33)38-17-35-24-12-19(7-9-23(24)29(38)41)20-6-4-11-34-14-20/h4,6-14,17-18,21H,3,5,15-16H2,1-2H3,(H,36,40). The van der Waals surface area contributed by atoms with E-state index in [4.69, 9.17) is 0 Å². The van der Waals surface area contributed by atoms with Gasteiger partial charge in [-0.25, -0.2) is 4.98 Å². The summed E-state index contributed by atoms with van der Waals surface area (Å²) in [6.07, 6.45) is 1.12. The van der Waals surface area contributed by atoms with Gasteiger partial charge < -0.3 is 10.1 Å². The summed E-state index contributed by atoms with van der Waals surface area (Å²) in [5, 5.41) is 2.80. The molecule has 1 saturated heterocycles. The van der Waals surface area contributed by atoms with Crippen molar-refractivity contribution in [2.45, 2.75) is 39.1 Å². The number of likely N-dealkylation sites (tertiary alicyclic amines) is 1. The molecule has 9 nitrogen and oxygen atoms in total. The molecule has 3 heterocycles. The second-order valence-corrected chi connectivity index (χ2v) is 10.2. The van der Waals surface area contributed by atoms with Gasteiger partial charge in [-0.1, -0.05) is 25.5 Å². The molecule has 12 heteroatoms. The minimum absolute atomic E-state index is 0.0373. The van der Waals surface area contributed by atoms with Gasteiger partial charge in [0.1, 0.15) is 6.33 Å².